The first-order valence-electron chi connectivity index (χ1n) is 15.8. The Morgan fingerprint density at radius 1 is 1.02 bits per heavy atom. The number of anilines is 1. The molecule has 0 radical (unpaired) electrons. The van der Waals surface area contributed by atoms with Gasteiger partial charge in [0, 0.05) is 55.7 Å². The van der Waals surface area contributed by atoms with Crippen LogP contribution >= 0.6 is 0 Å². The molecule has 44 heavy (non-hydrogen) atoms. The fraction of sp³-hybridized carbons (Fsp3) is 0.559. The number of likely N-dealkylation sites (tertiary alicyclic amines) is 1. The number of methoxy groups -OCH3 is 1. The molecule has 0 spiro atoms. The van der Waals surface area contributed by atoms with Crippen LogP contribution in [0.1, 0.15) is 56.9 Å². The van der Waals surface area contributed by atoms with Crippen LogP contribution in [0.15, 0.2) is 53.4 Å². The summed E-state index contributed by atoms with van der Waals surface area (Å²) in [6.45, 7) is 10.7. The zero-order chi connectivity index (χ0) is 31.1. The van der Waals surface area contributed by atoms with E-state index in [0.717, 1.165) is 37.8 Å². The van der Waals surface area contributed by atoms with Crippen LogP contribution in [0.5, 0.6) is 0 Å². The van der Waals surface area contributed by atoms with Crippen molar-refractivity contribution in [2.45, 2.75) is 67.1 Å². The highest BCUT2D eigenvalue weighted by atomic mass is 32.2. The van der Waals surface area contributed by atoms with E-state index < -0.39 is 15.4 Å². The molecule has 234 valence electrons. The van der Waals surface area contributed by atoms with Crippen molar-refractivity contribution in [3.63, 3.8) is 0 Å². The summed E-state index contributed by atoms with van der Waals surface area (Å²) in [4.78, 5) is 34.4. The maximum Gasteiger partial charge on any atom is 0.305 e. The second-order valence-electron chi connectivity index (χ2n) is 13.0. The van der Waals surface area contributed by atoms with Crippen molar-refractivity contribution in [1.82, 2.24) is 4.90 Å². The largest absolute Gasteiger partial charge is 0.469 e. The molecule has 2 saturated carbocycles. The molecular weight excluding hydrogens is 581 g/mol. The van der Waals surface area contributed by atoms with Gasteiger partial charge in [-0.15, -0.1) is 0 Å². The van der Waals surface area contributed by atoms with Crippen LogP contribution in [0.2, 0.25) is 0 Å². The molecule has 4 fully saturated rings. The number of esters is 1. The van der Waals surface area contributed by atoms with E-state index in [9.17, 15) is 22.4 Å². The monoisotopic (exact) mass is 621 g/mol. The fourth-order valence-corrected chi connectivity index (χ4v) is 9.65. The average Bonchev–Trinajstić information content (AvgIpc) is 3.78. The molecule has 2 aromatic carbocycles. The highest BCUT2D eigenvalue weighted by molar-refractivity contribution is 7.92. The molecule has 0 N–H and O–H groups in total. The Kier molecular flexibility index (Phi) is 8.44. The number of sulfone groups is 1. The molecule has 2 saturated heterocycles. The van der Waals surface area contributed by atoms with Crippen molar-refractivity contribution in [3.05, 3.63) is 71.3 Å². The molecule has 1 amide bonds. The van der Waals surface area contributed by atoms with Crippen LogP contribution in [0, 0.1) is 36.1 Å². The minimum Gasteiger partial charge on any atom is -0.469 e. The Morgan fingerprint density at radius 3 is 2.41 bits per heavy atom. The number of ether oxygens (including phenoxy) is 1. The van der Waals surface area contributed by atoms with Gasteiger partial charge in [-0.3, -0.25) is 9.59 Å². The predicted octanol–water partition coefficient (Wildman–Crippen LogP) is 5.23. The summed E-state index contributed by atoms with van der Waals surface area (Å²) in [5.41, 5.74) is 0.509. The molecule has 3 atom stereocenters. The van der Waals surface area contributed by atoms with Crippen LogP contribution in [0.3, 0.4) is 0 Å². The Balaban J connectivity index is 1.14. The van der Waals surface area contributed by atoms with E-state index in [1.807, 2.05) is 17.0 Å². The summed E-state index contributed by atoms with van der Waals surface area (Å²) < 4.78 is 44.9. The Bertz CT molecular complexity index is 1560. The Hall–Kier alpha value is -3.45. The molecule has 2 aliphatic carbocycles. The fourth-order valence-electron chi connectivity index (χ4n) is 7.96. The normalized spacial score (nSPS) is 24.3. The molecule has 8 nitrogen and oxygen atoms in total. The lowest BCUT2D eigenvalue weighted by Crippen LogP contribution is -2.56. The maximum atomic E-state index is 14.6. The number of hydrogen-bond donors (Lipinski definition) is 0. The van der Waals surface area contributed by atoms with Crippen LogP contribution < -0.4 is 4.90 Å². The molecule has 10 heteroatoms. The second kappa shape index (κ2) is 12.2. The van der Waals surface area contributed by atoms with Gasteiger partial charge in [0.15, 0.2) is 9.84 Å². The standard InChI is InChI=1S/C34H40FN3O5S/c1-36-34(26-7-4-8-27(35)19-26,31-11-3-6-23(31)18-32(39)43-2)25-14-16-37(17-15-25)33(40)24-21-38(22-24)28-9-5-10-30(20-28)44(41,42)29-12-13-29/h4-5,7-10,19-20,23-25,29,31H,3,6,11-18,21-22H2,2H3/t23-,31+,34-/m1/s1. The predicted molar refractivity (Wildman–Crippen MR) is 164 cm³/mol. The van der Waals surface area contributed by atoms with E-state index >= 15 is 0 Å². The minimum atomic E-state index is -3.28. The van der Waals surface area contributed by atoms with E-state index in [0.29, 0.717) is 49.5 Å². The molecular formula is C34H40FN3O5S. The van der Waals surface area contributed by atoms with Crippen molar-refractivity contribution in [2.75, 3.05) is 38.2 Å². The topological polar surface area (TPSA) is 88.4 Å². The van der Waals surface area contributed by atoms with Crippen LogP contribution in [0.4, 0.5) is 10.1 Å². The summed E-state index contributed by atoms with van der Waals surface area (Å²) in [6, 6.07) is 13.4. The number of halogens is 1. The summed E-state index contributed by atoms with van der Waals surface area (Å²) in [6.07, 6.45) is 5.47. The molecule has 2 aliphatic heterocycles. The average molecular weight is 622 g/mol. The maximum absolute atomic E-state index is 14.6. The van der Waals surface area contributed by atoms with Gasteiger partial charge in [-0.05, 0) is 74.8 Å². The van der Waals surface area contributed by atoms with E-state index in [1.165, 1.54) is 19.2 Å². The first-order valence-corrected chi connectivity index (χ1v) is 17.3. The van der Waals surface area contributed by atoms with Crippen LogP contribution in [-0.2, 0) is 29.7 Å². The third-order valence-electron chi connectivity index (χ3n) is 10.5. The van der Waals surface area contributed by atoms with Gasteiger partial charge >= 0.3 is 5.97 Å². The quantitative estimate of drug-likeness (QED) is 0.282. The third kappa shape index (κ3) is 5.60. The van der Waals surface area contributed by atoms with Crippen molar-refractivity contribution < 1.29 is 27.1 Å². The van der Waals surface area contributed by atoms with Gasteiger partial charge in [0.1, 0.15) is 5.82 Å². The Morgan fingerprint density at radius 2 is 1.75 bits per heavy atom. The Labute approximate surface area is 259 Å². The number of piperidine rings is 1. The first kappa shape index (κ1) is 30.6. The lowest BCUT2D eigenvalue weighted by atomic mass is 9.63. The van der Waals surface area contributed by atoms with Gasteiger partial charge in [0.25, 0.3) is 5.54 Å². The lowest BCUT2D eigenvalue weighted by Gasteiger charge is -2.45. The van der Waals surface area contributed by atoms with Crippen LogP contribution in [-0.4, -0.2) is 63.7 Å². The SMILES string of the molecule is [C-]#[N+][C@@](c1cccc(F)c1)(C1CCN(C(=O)C2CN(c3cccc(S(=O)(=O)C4CC4)c3)C2)CC1)[C@H]1CCC[C@@H]1CC(=O)OC. The zero-order valence-corrected chi connectivity index (χ0v) is 26.0. The second-order valence-corrected chi connectivity index (χ2v) is 15.2. The van der Waals surface area contributed by atoms with Gasteiger partial charge in [-0.25, -0.2) is 19.4 Å². The lowest BCUT2D eigenvalue weighted by molar-refractivity contribution is -0.142. The van der Waals surface area contributed by atoms with E-state index in [-0.39, 0.29) is 53.0 Å². The number of rotatable bonds is 9. The summed E-state index contributed by atoms with van der Waals surface area (Å²) in [7, 11) is -1.90. The van der Waals surface area contributed by atoms with Gasteiger partial charge in [-0.2, -0.15) is 0 Å². The number of carbonyl (C=O) groups excluding carboxylic acids is 2. The molecule has 0 unspecified atom stereocenters. The summed E-state index contributed by atoms with van der Waals surface area (Å²) in [5.74, 6) is -0.940. The minimum absolute atomic E-state index is 0.0156. The number of nitrogens with zero attached hydrogens (tertiary/aromatic N) is 3. The number of benzene rings is 2. The van der Waals surface area contributed by atoms with Gasteiger partial charge in [0.05, 0.1) is 23.2 Å². The van der Waals surface area contributed by atoms with Crippen molar-refractivity contribution in [2.24, 2.45) is 23.7 Å². The van der Waals surface area contributed by atoms with Gasteiger partial charge < -0.3 is 19.4 Å². The van der Waals surface area contributed by atoms with Crippen molar-refractivity contribution in [3.8, 4) is 0 Å². The molecule has 0 aromatic heterocycles. The molecule has 2 aromatic rings. The summed E-state index contributed by atoms with van der Waals surface area (Å²) >= 11 is 0. The smallest absolute Gasteiger partial charge is 0.305 e. The van der Waals surface area contributed by atoms with Crippen LogP contribution in [0.25, 0.3) is 4.85 Å². The van der Waals surface area contributed by atoms with Gasteiger partial charge in [0.2, 0.25) is 5.91 Å². The highest BCUT2D eigenvalue weighted by Gasteiger charge is 2.58. The molecule has 2 heterocycles. The zero-order valence-electron chi connectivity index (χ0n) is 25.2. The molecule has 0 bridgehead atoms. The van der Waals surface area contributed by atoms with Crippen molar-refractivity contribution in [1.29, 1.82) is 0 Å². The number of hydrogen-bond acceptors (Lipinski definition) is 6. The molecule has 6 rings (SSSR count). The van der Waals surface area contributed by atoms with Gasteiger partial charge in [-0.1, -0.05) is 24.6 Å². The van der Waals surface area contributed by atoms with E-state index in [2.05, 4.69) is 9.74 Å². The number of amides is 1. The first-order chi connectivity index (χ1) is 21.2. The molecule has 4 aliphatic rings. The van der Waals surface area contributed by atoms with Crippen molar-refractivity contribution >= 4 is 27.4 Å². The summed E-state index contributed by atoms with van der Waals surface area (Å²) in [5, 5.41) is -0.263. The van der Waals surface area contributed by atoms with E-state index in [4.69, 9.17) is 11.3 Å². The number of carbonyl (C=O) groups is 2. The van der Waals surface area contributed by atoms with E-state index in [1.54, 1.807) is 24.3 Å². The third-order valence-corrected chi connectivity index (χ3v) is 12.7. The highest BCUT2D eigenvalue weighted by Crippen LogP contribution is 2.54.